The molecule has 0 radical (unpaired) electrons. The summed E-state index contributed by atoms with van der Waals surface area (Å²) in [7, 11) is -9.14. The van der Waals surface area contributed by atoms with Crippen LogP contribution in [0.15, 0.2) is 95.8 Å². The summed E-state index contributed by atoms with van der Waals surface area (Å²) in [6, 6.07) is 6.72. The number of allylic oxidation sites excluding steroid dienone is 1. The highest BCUT2D eigenvalue weighted by molar-refractivity contribution is 7.93. The monoisotopic (exact) mass is 1010 g/mol. The van der Waals surface area contributed by atoms with Gasteiger partial charge >= 0.3 is 12.4 Å². The Morgan fingerprint density at radius 1 is 0.652 bits per heavy atom. The third kappa shape index (κ3) is 9.96. The van der Waals surface area contributed by atoms with Crippen LogP contribution in [0.25, 0.3) is 17.2 Å². The van der Waals surface area contributed by atoms with Crippen molar-refractivity contribution in [2.45, 2.75) is 35.5 Å². The van der Waals surface area contributed by atoms with E-state index in [1.165, 1.54) is 24.9 Å². The highest BCUT2D eigenvalue weighted by atomic mass is 35.5. The van der Waals surface area contributed by atoms with Crippen LogP contribution in [0.2, 0.25) is 15.1 Å². The van der Waals surface area contributed by atoms with E-state index in [2.05, 4.69) is 49.3 Å². The van der Waals surface area contributed by atoms with Crippen LogP contribution >= 0.6 is 34.8 Å². The lowest BCUT2D eigenvalue weighted by molar-refractivity contribution is -0.138. The zero-order valence-electron chi connectivity index (χ0n) is 32.7. The van der Waals surface area contributed by atoms with Crippen LogP contribution in [-0.2, 0) is 38.8 Å². The molecule has 0 aliphatic heterocycles. The van der Waals surface area contributed by atoms with E-state index in [-0.39, 0.29) is 50.3 Å². The van der Waals surface area contributed by atoms with Crippen molar-refractivity contribution in [3.63, 3.8) is 0 Å². The standard InChI is InChI=1S/C20H11Cl2F3N4O3S.C19H12ClF3N6O3S/c21-10-6-16(29-33(31,32)11-4-5-14(22)13(7-11)20(23,24)25)18(26-8-10)19(30)17-12-2-1-3-15(12)27-9-28-17;1-9-4-13(29-33(31,32)10-2-3-12(20)11(5-10)19(21,22)23)14(24-6-9)17(30)15-16-18(27-7-25-15)28-8-26-16/h1-2,4-9,29H,3H2;2-8,29H,1H3,(H,25,26,27,28). The minimum absolute atomic E-state index is 0.00475. The zero-order chi connectivity index (χ0) is 47.9. The highest BCUT2D eigenvalue weighted by Crippen LogP contribution is 2.38. The number of hydrogen-bond donors (Lipinski definition) is 3. The molecular formula is C39H23Cl3F6N10O6S2. The largest absolute Gasteiger partial charge is 0.417 e. The SMILES string of the molecule is Cc1cnc(C(=O)c2ncnc3nc[nH]c23)c(NS(=O)(=O)c2ccc(Cl)c(C(F)(F)F)c2)c1.O=C(c1ncc(Cl)cc1NS(=O)(=O)c1ccc(Cl)c(C(F)(F)F)c1)c1ncnc2c1C=CC2. The summed E-state index contributed by atoms with van der Waals surface area (Å²) in [6.45, 7) is 1.60. The van der Waals surface area contributed by atoms with Crippen molar-refractivity contribution in [1.29, 1.82) is 0 Å². The van der Waals surface area contributed by atoms with Crippen molar-refractivity contribution < 1.29 is 52.8 Å². The summed E-state index contributed by atoms with van der Waals surface area (Å²) in [5, 5.41) is -1.32. The van der Waals surface area contributed by atoms with Crippen LogP contribution in [0.3, 0.4) is 0 Å². The van der Waals surface area contributed by atoms with Crippen LogP contribution in [0, 0.1) is 6.92 Å². The van der Waals surface area contributed by atoms with E-state index < -0.39 is 74.9 Å². The number of halogens is 9. The number of anilines is 2. The van der Waals surface area contributed by atoms with Crippen molar-refractivity contribution in [3.05, 3.63) is 152 Å². The van der Waals surface area contributed by atoms with Crippen molar-refractivity contribution >= 4 is 95.0 Å². The number of carbonyl (C=O) groups excluding carboxylic acids is 2. The number of nitrogens with one attached hydrogen (secondary N) is 3. The maximum Gasteiger partial charge on any atom is 0.417 e. The van der Waals surface area contributed by atoms with E-state index in [4.69, 9.17) is 34.8 Å². The fraction of sp³-hybridized carbons (Fsp3) is 0.103. The number of benzene rings is 2. The number of carbonyl (C=O) groups is 2. The smallest absolute Gasteiger partial charge is 0.341 e. The summed E-state index contributed by atoms with van der Waals surface area (Å²) < 4.78 is 135. The van der Waals surface area contributed by atoms with Crippen molar-refractivity contribution in [3.8, 4) is 0 Å². The van der Waals surface area contributed by atoms with Crippen LogP contribution in [0.5, 0.6) is 0 Å². The average molecular weight is 1010 g/mol. The molecule has 0 amide bonds. The predicted octanol–water partition coefficient (Wildman–Crippen LogP) is 8.56. The molecule has 16 nitrogen and oxygen atoms in total. The van der Waals surface area contributed by atoms with E-state index in [0.29, 0.717) is 35.4 Å². The van der Waals surface area contributed by atoms with Gasteiger partial charge in [-0.2, -0.15) is 26.3 Å². The van der Waals surface area contributed by atoms with Crippen LogP contribution < -0.4 is 9.44 Å². The van der Waals surface area contributed by atoms with E-state index in [0.717, 1.165) is 42.9 Å². The number of hydrogen-bond acceptors (Lipinski definition) is 13. The topological polar surface area (TPSA) is 232 Å². The summed E-state index contributed by atoms with van der Waals surface area (Å²) in [6.07, 6.45) is 0.299. The van der Waals surface area contributed by atoms with Gasteiger partial charge in [-0.05, 0) is 61.0 Å². The first kappa shape index (κ1) is 47.4. The maximum absolute atomic E-state index is 13.2. The van der Waals surface area contributed by atoms with E-state index >= 15 is 0 Å². The number of ketones is 2. The molecule has 1 aliphatic carbocycles. The van der Waals surface area contributed by atoms with Gasteiger partial charge in [-0.25, -0.2) is 46.7 Å². The van der Waals surface area contributed by atoms with Crippen molar-refractivity contribution in [1.82, 2.24) is 39.9 Å². The number of alkyl halides is 6. The van der Waals surface area contributed by atoms with Crippen molar-refractivity contribution in [2.24, 2.45) is 0 Å². The van der Waals surface area contributed by atoms with Gasteiger partial charge in [0.2, 0.25) is 11.6 Å². The van der Waals surface area contributed by atoms with E-state index in [1.54, 1.807) is 19.1 Å². The Bertz CT molecular complexity index is 3370. The molecule has 2 aromatic carbocycles. The minimum atomic E-state index is -4.87. The van der Waals surface area contributed by atoms with Gasteiger partial charge in [0.25, 0.3) is 20.0 Å². The summed E-state index contributed by atoms with van der Waals surface area (Å²) in [5.74, 6) is -1.47. The summed E-state index contributed by atoms with van der Waals surface area (Å²) in [5.41, 5.74) is -1.97. The average Bonchev–Trinajstić information content (AvgIpc) is 3.93. The lowest BCUT2D eigenvalue weighted by Crippen LogP contribution is -2.19. The van der Waals surface area contributed by atoms with Gasteiger partial charge in [-0.1, -0.05) is 47.0 Å². The molecule has 0 fully saturated rings. The maximum atomic E-state index is 13.2. The van der Waals surface area contributed by atoms with E-state index in [9.17, 15) is 52.8 Å². The molecule has 0 unspecified atom stereocenters. The van der Waals surface area contributed by atoms with Gasteiger partial charge in [-0.15, -0.1) is 0 Å². The molecule has 0 spiro atoms. The van der Waals surface area contributed by atoms with Crippen LogP contribution in [0.1, 0.15) is 60.3 Å². The van der Waals surface area contributed by atoms with Gasteiger partial charge in [0.05, 0.1) is 59.4 Å². The predicted molar refractivity (Wildman–Crippen MR) is 226 cm³/mol. The molecule has 27 heteroatoms. The van der Waals surface area contributed by atoms with Crippen molar-refractivity contribution in [2.75, 3.05) is 9.44 Å². The fourth-order valence-electron chi connectivity index (χ4n) is 6.11. The number of pyridine rings is 2. The Kier molecular flexibility index (Phi) is 12.9. The Morgan fingerprint density at radius 3 is 1.77 bits per heavy atom. The number of fused-ring (bicyclic) bond motifs is 2. The Morgan fingerprint density at radius 2 is 1.18 bits per heavy atom. The number of aromatic nitrogens is 8. The highest BCUT2D eigenvalue weighted by Gasteiger charge is 2.36. The first-order chi connectivity index (χ1) is 30.9. The second-order valence-corrected chi connectivity index (χ2v) is 18.2. The van der Waals surface area contributed by atoms with Gasteiger partial charge in [0, 0.05) is 24.4 Å². The molecule has 5 aromatic heterocycles. The minimum Gasteiger partial charge on any atom is -0.341 e. The van der Waals surface area contributed by atoms with Gasteiger partial charge in [0.15, 0.2) is 5.65 Å². The molecule has 3 N–H and O–H groups in total. The molecule has 0 saturated carbocycles. The number of imidazole rings is 1. The number of nitrogens with zero attached hydrogens (tertiary/aromatic N) is 7. The fourth-order valence-corrected chi connectivity index (χ4v) is 8.89. The lowest BCUT2D eigenvalue weighted by Gasteiger charge is -2.14. The Hall–Kier alpha value is -6.60. The molecule has 66 heavy (non-hydrogen) atoms. The normalized spacial score (nSPS) is 12.6. The first-order valence-electron chi connectivity index (χ1n) is 18.1. The quantitative estimate of drug-likeness (QED) is 0.0862. The first-order valence-corrected chi connectivity index (χ1v) is 22.2. The molecule has 7 aromatic rings. The molecule has 340 valence electrons. The van der Waals surface area contributed by atoms with Crippen LogP contribution in [0.4, 0.5) is 37.7 Å². The summed E-state index contributed by atoms with van der Waals surface area (Å²) >= 11 is 17.1. The molecule has 8 rings (SSSR count). The second-order valence-electron chi connectivity index (χ2n) is 13.6. The molecule has 5 heterocycles. The number of aromatic amines is 1. The van der Waals surface area contributed by atoms with Gasteiger partial charge in [0.1, 0.15) is 40.9 Å². The van der Waals surface area contributed by atoms with Gasteiger partial charge < -0.3 is 4.98 Å². The number of H-pyrrole nitrogens is 1. The molecule has 0 saturated heterocycles. The molecule has 0 bridgehead atoms. The Labute approximate surface area is 382 Å². The van der Waals surface area contributed by atoms with Gasteiger partial charge in [-0.3, -0.25) is 24.0 Å². The number of aryl methyl sites for hydroxylation is 1. The third-order valence-electron chi connectivity index (χ3n) is 9.12. The third-order valence-corrected chi connectivity index (χ3v) is 12.7. The second kappa shape index (κ2) is 18.0. The zero-order valence-corrected chi connectivity index (χ0v) is 36.6. The number of rotatable bonds is 10. The van der Waals surface area contributed by atoms with E-state index in [1.807, 2.05) is 0 Å². The Balaban J connectivity index is 0.000000196. The molecular weight excluding hydrogens is 989 g/mol. The lowest BCUT2D eigenvalue weighted by atomic mass is 10.1. The number of sulfonamides is 2. The molecule has 1 aliphatic rings. The summed E-state index contributed by atoms with van der Waals surface area (Å²) in [4.78, 5) is 55.4. The molecule has 0 atom stereocenters. The van der Waals surface area contributed by atoms with Crippen LogP contribution in [-0.4, -0.2) is 68.3 Å².